The van der Waals surface area contributed by atoms with E-state index in [1.165, 1.54) is 6.42 Å². The Hall–Kier alpha value is -0.940. The molecule has 4 atom stereocenters. The fourth-order valence-electron chi connectivity index (χ4n) is 3.54. The molecule has 1 aromatic carbocycles. The monoisotopic (exact) mass is 290 g/mol. The van der Waals surface area contributed by atoms with Gasteiger partial charge < -0.3 is 18.9 Å². The summed E-state index contributed by atoms with van der Waals surface area (Å²) in [7, 11) is 0. The molecule has 1 aromatic rings. The summed E-state index contributed by atoms with van der Waals surface area (Å²) < 4.78 is 24.1. The molecule has 21 heavy (non-hydrogen) atoms. The van der Waals surface area contributed by atoms with Gasteiger partial charge in [-0.1, -0.05) is 30.3 Å². The molecule has 0 N–H and O–H groups in total. The van der Waals surface area contributed by atoms with Crippen LogP contribution in [0.15, 0.2) is 30.3 Å². The highest BCUT2D eigenvalue weighted by Crippen LogP contribution is 2.41. The minimum atomic E-state index is -0.369. The highest BCUT2D eigenvalue weighted by Gasteiger charge is 2.46. The third-order valence-corrected chi connectivity index (χ3v) is 4.69. The van der Waals surface area contributed by atoms with Crippen LogP contribution in [0.2, 0.25) is 0 Å². The Labute approximate surface area is 125 Å². The second-order valence-electron chi connectivity index (χ2n) is 6.16. The van der Waals surface area contributed by atoms with Crippen LogP contribution in [0, 0.1) is 0 Å². The van der Waals surface area contributed by atoms with Crippen molar-refractivity contribution in [3.63, 3.8) is 0 Å². The van der Waals surface area contributed by atoms with Crippen LogP contribution in [0.5, 0.6) is 0 Å². The van der Waals surface area contributed by atoms with Gasteiger partial charge in [0.15, 0.2) is 12.1 Å². The minimum absolute atomic E-state index is 0.00295. The van der Waals surface area contributed by atoms with Gasteiger partial charge in [-0.2, -0.15) is 0 Å². The summed E-state index contributed by atoms with van der Waals surface area (Å²) in [5.74, 6) is -0.369. The fraction of sp³-hybridized carbons (Fsp3) is 0.647. The number of rotatable bonds is 1. The molecule has 0 radical (unpaired) electrons. The molecule has 3 heterocycles. The first-order valence-corrected chi connectivity index (χ1v) is 7.98. The second kappa shape index (κ2) is 5.69. The zero-order valence-corrected chi connectivity index (χ0v) is 12.2. The number of hydrogen-bond acceptors (Lipinski definition) is 4. The summed E-state index contributed by atoms with van der Waals surface area (Å²) in [6, 6.07) is 10.1. The van der Waals surface area contributed by atoms with Crippen molar-refractivity contribution in [3.8, 4) is 0 Å². The van der Waals surface area contributed by atoms with E-state index < -0.39 is 0 Å². The Morgan fingerprint density at radius 1 is 1.00 bits per heavy atom. The first-order chi connectivity index (χ1) is 10.3. The maximum atomic E-state index is 6.23. The summed E-state index contributed by atoms with van der Waals surface area (Å²) in [5.41, 5.74) is 1.07. The van der Waals surface area contributed by atoms with E-state index in [-0.39, 0.29) is 24.3 Å². The van der Waals surface area contributed by atoms with E-state index in [9.17, 15) is 0 Å². The number of fused-ring (bicyclic) bond motifs is 1. The molecule has 0 unspecified atom stereocenters. The Kier molecular flexibility index (Phi) is 3.71. The van der Waals surface area contributed by atoms with E-state index >= 15 is 0 Å². The lowest BCUT2D eigenvalue weighted by molar-refractivity contribution is -0.361. The molecule has 4 rings (SSSR count). The summed E-state index contributed by atoms with van der Waals surface area (Å²) in [4.78, 5) is 0. The third-order valence-electron chi connectivity index (χ3n) is 4.69. The number of hydrogen-bond donors (Lipinski definition) is 0. The van der Waals surface area contributed by atoms with Crippen LogP contribution >= 0.6 is 0 Å². The quantitative estimate of drug-likeness (QED) is 0.796. The maximum Gasteiger partial charge on any atom is 0.184 e. The van der Waals surface area contributed by atoms with Crippen molar-refractivity contribution in [3.05, 3.63) is 35.9 Å². The van der Waals surface area contributed by atoms with Gasteiger partial charge in [-0.15, -0.1) is 0 Å². The zero-order chi connectivity index (χ0) is 14.1. The molecule has 3 aliphatic rings. The van der Waals surface area contributed by atoms with Crippen molar-refractivity contribution in [1.29, 1.82) is 0 Å². The van der Waals surface area contributed by atoms with Crippen LogP contribution in [0.25, 0.3) is 0 Å². The van der Waals surface area contributed by atoms with Gasteiger partial charge in [0.05, 0.1) is 19.3 Å². The summed E-state index contributed by atoms with van der Waals surface area (Å²) in [5, 5.41) is 0. The van der Waals surface area contributed by atoms with Gasteiger partial charge in [-0.05, 0) is 19.3 Å². The lowest BCUT2D eigenvalue weighted by atomic mass is 9.92. The van der Waals surface area contributed by atoms with Gasteiger partial charge in [0.1, 0.15) is 6.10 Å². The van der Waals surface area contributed by atoms with E-state index in [2.05, 4.69) is 0 Å². The predicted octanol–water partition coefficient (Wildman–Crippen LogP) is 3.18. The van der Waals surface area contributed by atoms with Crippen molar-refractivity contribution < 1.29 is 18.9 Å². The van der Waals surface area contributed by atoms with E-state index in [1.54, 1.807) is 0 Å². The summed E-state index contributed by atoms with van der Waals surface area (Å²) in [6.07, 6.45) is 5.08. The molecule has 0 saturated carbocycles. The van der Waals surface area contributed by atoms with Crippen molar-refractivity contribution in [2.75, 3.05) is 13.2 Å². The van der Waals surface area contributed by atoms with E-state index in [4.69, 9.17) is 18.9 Å². The average Bonchev–Trinajstić information content (AvgIpc) is 2.56. The van der Waals surface area contributed by atoms with Gasteiger partial charge in [-0.3, -0.25) is 0 Å². The predicted molar refractivity (Wildman–Crippen MR) is 76.6 cm³/mol. The third kappa shape index (κ3) is 2.73. The molecule has 0 aromatic heterocycles. The zero-order valence-electron chi connectivity index (χ0n) is 12.2. The summed E-state index contributed by atoms with van der Waals surface area (Å²) in [6.45, 7) is 1.39. The summed E-state index contributed by atoms with van der Waals surface area (Å²) >= 11 is 0. The minimum Gasteiger partial charge on any atom is -0.350 e. The highest BCUT2D eigenvalue weighted by molar-refractivity contribution is 5.16. The van der Waals surface area contributed by atoms with Gasteiger partial charge in [0, 0.05) is 18.4 Å². The van der Waals surface area contributed by atoms with Crippen LogP contribution in [0.4, 0.5) is 0 Å². The molecule has 114 valence electrons. The lowest BCUT2D eigenvalue weighted by Gasteiger charge is -2.48. The van der Waals surface area contributed by atoms with Crippen LogP contribution in [-0.2, 0) is 18.9 Å². The van der Waals surface area contributed by atoms with Crippen molar-refractivity contribution in [2.24, 2.45) is 0 Å². The molecule has 0 bridgehead atoms. The molecular formula is C17H22O4. The van der Waals surface area contributed by atoms with Crippen LogP contribution in [0.1, 0.15) is 44.0 Å². The number of benzene rings is 1. The molecule has 4 nitrogen and oxygen atoms in total. The van der Waals surface area contributed by atoms with Gasteiger partial charge in [0.2, 0.25) is 0 Å². The molecule has 0 aliphatic carbocycles. The first kappa shape index (κ1) is 13.7. The molecule has 3 aliphatic heterocycles. The van der Waals surface area contributed by atoms with E-state index in [0.29, 0.717) is 6.61 Å². The van der Waals surface area contributed by atoms with Gasteiger partial charge in [-0.25, -0.2) is 0 Å². The molecule has 3 fully saturated rings. The largest absolute Gasteiger partial charge is 0.350 e. The van der Waals surface area contributed by atoms with Crippen molar-refractivity contribution in [2.45, 2.75) is 56.4 Å². The molecule has 1 spiro atoms. The van der Waals surface area contributed by atoms with Gasteiger partial charge in [0.25, 0.3) is 0 Å². The molecule has 4 heteroatoms. The van der Waals surface area contributed by atoms with Crippen molar-refractivity contribution in [1.82, 2.24) is 0 Å². The van der Waals surface area contributed by atoms with Crippen LogP contribution < -0.4 is 0 Å². The normalized spacial score (nSPS) is 39.9. The Morgan fingerprint density at radius 2 is 1.90 bits per heavy atom. The Balaban J connectivity index is 1.42. The maximum absolute atomic E-state index is 6.23. The average molecular weight is 290 g/mol. The van der Waals surface area contributed by atoms with Crippen LogP contribution in [0.3, 0.4) is 0 Å². The first-order valence-electron chi connectivity index (χ1n) is 7.98. The number of ether oxygens (including phenoxy) is 4. The Morgan fingerprint density at radius 3 is 2.71 bits per heavy atom. The smallest absolute Gasteiger partial charge is 0.184 e. The SMILES string of the molecule is c1ccc([C@@H]2OC[C@H]3O[C@@]4(CCCCO4)CC[C@@H]3O2)cc1. The molecule has 0 amide bonds. The molecule has 3 saturated heterocycles. The fourth-order valence-corrected chi connectivity index (χ4v) is 3.54. The van der Waals surface area contributed by atoms with Crippen LogP contribution in [-0.4, -0.2) is 31.2 Å². The second-order valence-corrected chi connectivity index (χ2v) is 6.16. The highest BCUT2D eigenvalue weighted by atomic mass is 16.8. The Bertz CT molecular complexity index is 469. The molecular weight excluding hydrogens is 268 g/mol. The van der Waals surface area contributed by atoms with Crippen molar-refractivity contribution >= 4 is 0 Å². The van der Waals surface area contributed by atoms with E-state index in [0.717, 1.165) is 37.9 Å². The standard InChI is InChI=1S/C17H22O4/c1-2-6-13(7-3-1)16-18-12-15-14(20-16)8-10-17(21-15)9-4-5-11-19-17/h1-3,6-7,14-16H,4-5,8-12H2/t14-,15+,16+,17-/m0/s1. The van der Waals surface area contributed by atoms with E-state index in [1.807, 2.05) is 30.3 Å². The van der Waals surface area contributed by atoms with Gasteiger partial charge >= 0.3 is 0 Å². The lowest BCUT2D eigenvalue weighted by Crippen LogP contribution is -2.54. The topological polar surface area (TPSA) is 36.9 Å².